The highest BCUT2D eigenvalue weighted by Gasteiger charge is 2.51. The summed E-state index contributed by atoms with van der Waals surface area (Å²) >= 11 is 6.50. The lowest BCUT2D eigenvalue weighted by Gasteiger charge is -2.49. The molecule has 0 radical (unpaired) electrons. The quantitative estimate of drug-likeness (QED) is 0.108. The normalized spacial score (nSPS) is 33.7. The number of carbonyl (C=O) groups excluding carboxylic acids is 5. The van der Waals surface area contributed by atoms with Gasteiger partial charge in [-0.2, -0.15) is 0 Å². The number of carbonyl (C=O) groups is 5. The summed E-state index contributed by atoms with van der Waals surface area (Å²) in [6.45, 7) is 14.1. The SMILES string of the molecule is CO[C@]1(C)C[C@H](O[C@H]2[C@H](C)[C@@H](O[C@@H]3O[C@H](C)C[C@H](N(C)C)[C@H]3O)[C@](C)(O)C[C@@H](C)CN(C)C(=O)C[C@@H](Cc3ccc(NC(=O)[C@H](Cc4ccccc4Cl)NC(=O)Cc4ccccc4)cc3)NC(=O)[C@H](C)NC(=O)[C@@H]2C)O[C@@H](C)[C@@H]1O. The van der Waals surface area contributed by atoms with Gasteiger partial charge < -0.3 is 70.1 Å². The Bertz CT molecular complexity index is 2540. The first-order valence-electron chi connectivity index (χ1n) is 27.9. The second-order valence-electron chi connectivity index (χ2n) is 23.4. The second kappa shape index (κ2) is 28.3. The smallest absolute Gasteiger partial charge is 0.247 e. The van der Waals surface area contributed by atoms with Crippen LogP contribution in [-0.2, 0) is 66.9 Å². The molecule has 442 valence electrons. The summed E-state index contributed by atoms with van der Waals surface area (Å²) in [5.74, 6) is -4.41. The molecule has 20 heteroatoms. The van der Waals surface area contributed by atoms with Crippen molar-refractivity contribution in [3.05, 3.63) is 101 Å². The monoisotopic (exact) mass is 1130 g/mol. The van der Waals surface area contributed by atoms with E-state index in [1.165, 1.54) is 7.11 Å². The molecule has 3 aromatic rings. The van der Waals surface area contributed by atoms with Crippen molar-refractivity contribution in [2.45, 2.75) is 185 Å². The lowest BCUT2D eigenvalue weighted by Crippen LogP contribution is -2.61. The number of nitrogens with one attached hydrogen (secondary N) is 4. The number of rotatable bonds is 15. The highest BCUT2D eigenvalue weighted by Crippen LogP contribution is 2.39. The van der Waals surface area contributed by atoms with Crippen LogP contribution in [0.25, 0.3) is 0 Å². The van der Waals surface area contributed by atoms with E-state index in [1.54, 1.807) is 96.0 Å². The Labute approximate surface area is 477 Å². The number of aliphatic hydroxyl groups excluding tert-OH is 2. The predicted molar refractivity (Wildman–Crippen MR) is 303 cm³/mol. The maximum Gasteiger partial charge on any atom is 0.247 e. The van der Waals surface area contributed by atoms with Gasteiger partial charge >= 0.3 is 0 Å². The molecule has 3 aliphatic rings. The molecular formula is C60H87ClN6O13. The van der Waals surface area contributed by atoms with Crippen LogP contribution in [0.1, 0.15) is 97.8 Å². The van der Waals surface area contributed by atoms with Gasteiger partial charge in [0.25, 0.3) is 0 Å². The van der Waals surface area contributed by atoms with E-state index in [0.29, 0.717) is 22.7 Å². The Kier molecular flexibility index (Phi) is 22.7. The predicted octanol–water partition coefficient (Wildman–Crippen LogP) is 4.79. The summed E-state index contributed by atoms with van der Waals surface area (Å²) in [7, 11) is 6.88. The molecule has 0 aromatic heterocycles. The minimum Gasteiger partial charge on any atom is -0.387 e. The maximum atomic E-state index is 14.6. The molecule has 3 fully saturated rings. The molecule has 80 heavy (non-hydrogen) atoms. The van der Waals surface area contributed by atoms with Gasteiger partial charge in [0.15, 0.2) is 12.6 Å². The zero-order valence-corrected chi connectivity index (χ0v) is 49.3. The van der Waals surface area contributed by atoms with Crippen molar-refractivity contribution < 1.29 is 63.0 Å². The van der Waals surface area contributed by atoms with Crippen LogP contribution < -0.4 is 21.3 Å². The minimum absolute atomic E-state index is 0.0756. The van der Waals surface area contributed by atoms with Crippen molar-refractivity contribution in [3.63, 3.8) is 0 Å². The van der Waals surface area contributed by atoms with Crippen LogP contribution in [0.2, 0.25) is 5.02 Å². The zero-order chi connectivity index (χ0) is 58.8. The van der Waals surface area contributed by atoms with E-state index in [2.05, 4.69) is 21.3 Å². The number of methoxy groups -OCH3 is 1. The molecular weight excluding hydrogens is 1050 g/mol. The summed E-state index contributed by atoms with van der Waals surface area (Å²) in [6, 6.07) is 20.1. The highest BCUT2D eigenvalue weighted by atomic mass is 35.5. The van der Waals surface area contributed by atoms with E-state index in [4.69, 9.17) is 35.3 Å². The van der Waals surface area contributed by atoms with Gasteiger partial charge in [-0.25, -0.2) is 0 Å². The van der Waals surface area contributed by atoms with E-state index in [0.717, 1.165) is 11.1 Å². The summed E-state index contributed by atoms with van der Waals surface area (Å²) in [5, 5.41) is 47.8. The minimum atomic E-state index is -1.70. The second-order valence-corrected chi connectivity index (χ2v) is 23.8. The third kappa shape index (κ3) is 17.0. The fraction of sp³-hybridized carbons (Fsp3) is 0.617. The Morgan fingerprint density at radius 2 is 1.54 bits per heavy atom. The first-order chi connectivity index (χ1) is 37.7. The van der Waals surface area contributed by atoms with E-state index in [9.17, 15) is 39.3 Å². The maximum absolute atomic E-state index is 14.6. The number of ether oxygens (including phenoxy) is 5. The molecule has 3 aromatic carbocycles. The van der Waals surface area contributed by atoms with E-state index in [1.807, 2.05) is 69.2 Å². The van der Waals surface area contributed by atoms with Crippen molar-refractivity contribution in [1.82, 2.24) is 25.8 Å². The molecule has 3 saturated heterocycles. The van der Waals surface area contributed by atoms with E-state index >= 15 is 0 Å². The number of hydrogen-bond donors (Lipinski definition) is 7. The Morgan fingerprint density at radius 3 is 2.19 bits per heavy atom. The molecule has 5 amide bonds. The standard InChI is InChI=1S/C60H87ClN6O13/c1-34-31-59(7,75)54(80-58-51(70)47(66(9)10)26-35(2)77-58)36(3)52(79-50-32-60(8,76-12)53(71)39(6)78-50)37(4)55(72)62-38(5)56(73)64-44(30-49(69)67(11)33-34)27-41-22-24-43(25-23-41)63-57(74)46(29-42-20-16-17-21-45(42)61)65-48(68)28-40-18-14-13-15-19-40/h13-25,34-39,44,46-47,50-54,58,70-71,75H,26-33H2,1-12H3,(H,62,72)(H,63,74)(H,64,73)(H,65,68)/t34-,35-,36+,37-,38+,39+,44-,46+,47+,50+,51-,52+,53+,54-,58+,59-,60-/m1/s1. The van der Waals surface area contributed by atoms with Gasteiger partial charge in [0.05, 0.1) is 48.0 Å². The third-order valence-electron chi connectivity index (χ3n) is 16.1. The number of aliphatic hydroxyl groups is 3. The summed E-state index contributed by atoms with van der Waals surface area (Å²) in [6.07, 6.45) is -6.65. The molecule has 0 aliphatic carbocycles. The average molecular weight is 1140 g/mol. The van der Waals surface area contributed by atoms with Crippen molar-refractivity contribution in [2.75, 3.05) is 40.1 Å². The first-order valence-corrected chi connectivity index (χ1v) is 28.3. The number of amides is 5. The molecule has 6 rings (SSSR count). The van der Waals surface area contributed by atoms with Gasteiger partial charge in [0, 0.05) is 68.7 Å². The fourth-order valence-electron chi connectivity index (χ4n) is 11.5. The summed E-state index contributed by atoms with van der Waals surface area (Å²) < 4.78 is 31.9. The van der Waals surface area contributed by atoms with E-state index in [-0.39, 0.29) is 74.9 Å². The van der Waals surface area contributed by atoms with Gasteiger partial charge in [-0.1, -0.05) is 93.0 Å². The first kappa shape index (κ1) is 64.1. The molecule has 3 aliphatic heterocycles. The zero-order valence-electron chi connectivity index (χ0n) is 48.5. The number of benzene rings is 3. The Morgan fingerprint density at radius 1 is 0.875 bits per heavy atom. The van der Waals surface area contributed by atoms with Crippen molar-refractivity contribution in [1.29, 1.82) is 0 Å². The van der Waals surface area contributed by atoms with Crippen LogP contribution in [0, 0.1) is 17.8 Å². The van der Waals surface area contributed by atoms with Gasteiger partial charge in [0.1, 0.15) is 24.3 Å². The molecule has 3 heterocycles. The van der Waals surface area contributed by atoms with Crippen LogP contribution >= 0.6 is 11.6 Å². The number of likely N-dealkylation sites (N-methyl/N-ethyl adjacent to an activating group) is 1. The summed E-state index contributed by atoms with van der Waals surface area (Å²) in [5.41, 5.74) is -0.138. The van der Waals surface area contributed by atoms with Crippen molar-refractivity contribution in [2.24, 2.45) is 17.8 Å². The third-order valence-corrected chi connectivity index (χ3v) is 16.5. The molecule has 0 saturated carbocycles. The number of anilines is 1. The van der Waals surface area contributed by atoms with Gasteiger partial charge in [0.2, 0.25) is 29.5 Å². The topological polar surface area (TPSA) is 247 Å². The van der Waals surface area contributed by atoms with Crippen LogP contribution in [0.15, 0.2) is 78.9 Å². The average Bonchev–Trinajstić information content (AvgIpc) is 3.40. The number of nitrogens with zero attached hydrogens (tertiary/aromatic N) is 2. The molecule has 0 unspecified atom stereocenters. The van der Waals surface area contributed by atoms with Gasteiger partial charge in [-0.15, -0.1) is 0 Å². The Hall–Kier alpha value is -5.06. The molecule has 0 spiro atoms. The number of hydrogen-bond acceptors (Lipinski definition) is 14. The van der Waals surface area contributed by atoms with Gasteiger partial charge in [-0.3, -0.25) is 24.0 Å². The largest absolute Gasteiger partial charge is 0.387 e. The van der Waals surface area contributed by atoms with Crippen LogP contribution in [0.5, 0.6) is 0 Å². The van der Waals surface area contributed by atoms with Crippen LogP contribution in [0.4, 0.5) is 5.69 Å². The number of halogens is 1. The van der Waals surface area contributed by atoms with Crippen molar-refractivity contribution in [3.8, 4) is 0 Å². The Balaban J connectivity index is 1.26. The lowest BCUT2D eigenvalue weighted by molar-refractivity contribution is -0.317. The lowest BCUT2D eigenvalue weighted by atomic mass is 9.77. The van der Waals surface area contributed by atoms with E-state index < -0.39 is 102 Å². The van der Waals surface area contributed by atoms with Crippen LogP contribution in [-0.4, -0.2) is 174 Å². The molecule has 19 nitrogen and oxygen atoms in total. The fourth-order valence-corrected chi connectivity index (χ4v) is 11.7. The van der Waals surface area contributed by atoms with Gasteiger partial charge in [-0.05, 0) is 109 Å². The highest BCUT2D eigenvalue weighted by molar-refractivity contribution is 6.31. The molecule has 0 bridgehead atoms. The molecule has 7 N–H and O–H groups in total. The van der Waals surface area contributed by atoms with Crippen LogP contribution in [0.3, 0.4) is 0 Å². The van der Waals surface area contributed by atoms with Crippen molar-refractivity contribution >= 4 is 46.8 Å². The molecule has 17 atom stereocenters. The summed E-state index contributed by atoms with van der Waals surface area (Å²) in [4.78, 5) is 73.7.